The van der Waals surface area contributed by atoms with Gasteiger partial charge >= 0.3 is 12.4 Å². The summed E-state index contributed by atoms with van der Waals surface area (Å²) in [6.45, 7) is -1.67. The summed E-state index contributed by atoms with van der Waals surface area (Å²) in [7, 11) is 0. The van der Waals surface area contributed by atoms with Crippen LogP contribution in [0.2, 0.25) is 0 Å². The molecule has 0 atom stereocenters. The summed E-state index contributed by atoms with van der Waals surface area (Å²) in [6, 6.07) is 1.96. The van der Waals surface area contributed by atoms with Gasteiger partial charge in [-0.15, -0.1) is 0 Å². The highest BCUT2D eigenvalue weighted by Gasteiger charge is 2.32. The summed E-state index contributed by atoms with van der Waals surface area (Å²) in [5.41, 5.74) is 3.65. The Kier molecular flexibility index (Phi) is 3.44. The van der Waals surface area contributed by atoms with Crippen molar-refractivity contribution in [3.63, 3.8) is 0 Å². The van der Waals surface area contributed by atoms with Crippen molar-refractivity contribution in [3.8, 4) is 5.75 Å². The average Bonchev–Trinajstić information content (AvgIpc) is 2.11. The summed E-state index contributed by atoms with van der Waals surface area (Å²) in [4.78, 5) is 0. The van der Waals surface area contributed by atoms with Crippen LogP contribution in [0.25, 0.3) is 0 Å². The Hall–Kier alpha value is -1.60. The van der Waals surface area contributed by atoms with Gasteiger partial charge < -0.3 is 10.5 Å². The molecule has 0 aliphatic carbocycles. The molecule has 0 aromatic heterocycles. The molecule has 0 radical (unpaired) electrons. The molecule has 0 unspecified atom stereocenters. The molecule has 0 bridgehead atoms. The lowest BCUT2D eigenvalue weighted by molar-refractivity contribution is -0.153. The molecule has 1 aromatic carbocycles. The fourth-order valence-corrected chi connectivity index (χ4v) is 1.03. The van der Waals surface area contributed by atoms with E-state index in [4.69, 9.17) is 5.73 Å². The molecular formula is C9H7F6NO. The summed E-state index contributed by atoms with van der Waals surface area (Å²) >= 11 is 0. The van der Waals surface area contributed by atoms with Crippen LogP contribution in [0.1, 0.15) is 5.56 Å². The molecule has 1 aromatic rings. The van der Waals surface area contributed by atoms with E-state index in [9.17, 15) is 26.3 Å². The van der Waals surface area contributed by atoms with Gasteiger partial charge in [-0.05, 0) is 12.1 Å². The minimum absolute atomic E-state index is 0.322. The highest BCUT2D eigenvalue weighted by molar-refractivity contribution is 5.48. The molecular weight excluding hydrogens is 252 g/mol. The molecule has 0 saturated carbocycles. The van der Waals surface area contributed by atoms with Crippen molar-refractivity contribution in [2.45, 2.75) is 12.4 Å². The Morgan fingerprint density at radius 2 is 1.59 bits per heavy atom. The van der Waals surface area contributed by atoms with Gasteiger partial charge in [0.1, 0.15) is 5.75 Å². The Bertz CT molecular complexity index is 397. The van der Waals surface area contributed by atoms with Gasteiger partial charge in [0.2, 0.25) is 0 Å². The first-order chi connectivity index (χ1) is 7.58. The van der Waals surface area contributed by atoms with Crippen molar-refractivity contribution in [1.29, 1.82) is 0 Å². The van der Waals surface area contributed by atoms with E-state index < -0.39 is 30.3 Å². The van der Waals surface area contributed by atoms with E-state index in [1.54, 1.807) is 0 Å². The van der Waals surface area contributed by atoms with Gasteiger partial charge in [0, 0.05) is 11.8 Å². The molecule has 0 fully saturated rings. The number of halogens is 6. The fraction of sp³-hybridized carbons (Fsp3) is 0.333. The molecule has 0 heterocycles. The topological polar surface area (TPSA) is 35.2 Å². The van der Waals surface area contributed by atoms with Gasteiger partial charge in [0.05, 0.1) is 5.56 Å². The van der Waals surface area contributed by atoms with Crippen molar-refractivity contribution in [3.05, 3.63) is 23.8 Å². The summed E-state index contributed by atoms with van der Waals surface area (Å²) in [6.07, 6.45) is -9.31. The molecule has 2 N–H and O–H groups in total. The standard InChI is InChI=1S/C9H7F6NO/c10-8(11,12)4-17-7-2-5(9(13,14)15)1-6(16)3-7/h1-3H,4,16H2. The number of ether oxygens (including phenoxy) is 1. The van der Waals surface area contributed by atoms with Gasteiger partial charge in [-0.2, -0.15) is 26.3 Å². The SMILES string of the molecule is Nc1cc(OCC(F)(F)F)cc(C(F)(F)F)c1. The third kappa shape index (κ3) is 4.41. The average molecular weight is 259 g/mol. The molecule has 0 aliphatic heterocycles. The first-order valence-electron chi connectivity index (χ1n) is 4.25. The summed E-state index contributed by atoms with van der Waals surface area (Å²) < 4.78 is 76.4. The zero-order valence-corrected chi connectivity index (χ0v) is 8.19. The van der Waals surface area contributed by atoms with E-state index in [1.165, 1.54) is 0 Å². The smallest absolute Gasteiger partial charge is 0.422 e. The maximum atomic E-state index is 12.3. The molecule has 8 heteroatoms. The van der Waals surface area contributed by atoms with E-state index >= 15 is 0 Å². The largest absolute Gasteiger partial charge is 0.484 e. The zero-order valence-electron chi connectivity index (χ0n) is 8.19. The monoisotopic (exact) mass is 259 g/mol. The predicted octanol–water partition coefficient (Wildman–Crippen LogP) is 3.23. The molecule has 96 valence electrons. The Morgan fingerprint density at radius 3 is 2.06 bits per heavy atom. The van der Waals surface area contributed by atoms with E-state index in [0.29, 0.717) is 12.1 Å². The van der Waals surface area contributed by atoms with Crippen molar-refractivity contribution in [2.75, 3.05) is 12.3 Å². The lowest BCUT2D eigenvalue weighted by Crippen LogP contribution is -2.19. The van der Waals surface area contributed by atoms with Gasteiger partial charge in [-0.3, -0.25) is 0 Å². The fourth-order valence-electron chi connectivity index (χ4n) is 1.03. The first kappa shape index (κ1) is 13.5. The number of hydrogen-bond donors (Lipinski definition) is 1. The van der Waals surface area contributed by atoms with Crippen molar-refractivity contribution in [2.24, 2.45) is 0 Å². The quantitative estimate of drug-likeness (QED) is 0.653. The Labute approximate surface area is 92.0 Å². The molecule has 0 spiro atoms. The molecule has 1 rings (SSSR count). The van der Waals surface area contributed by atoms with E-state index in [0.717, 1.165) is 6.07 Å². The highest BCUT2D eigenvalue weighted by Crippen LogP contribution is 2.33. The second-order valence-electron chi connectivity index (χ2n) is 3.19. The van der Waals surface area contributed by atoms with Crippen LogP contribution in [-0.4, -0.2) is 12.8 Å². The second kappa shape index (κ2) is 4.34. The van der Waals surface area contributed by atoms with Crippen molar-refractivity contribution in [1.82, 2.24) is 0 Å². The number of anilines is 1. The number of alkyl halides is 6. The Balaban J connectivity index is 2.91. The third-order valence-corrected chi connectivity index (χ3v) is 1.66. The second-order valence-corrected chi connectivity index (χ2v) is 3.19. The lowest BCUT2D eigenvalue weighted by Gasteiger charge is -2.12. The number of nitrogens with two attached hydrogens (primary N) is 1. The van der Waals surface area contributed by atoms with E-state index in [2.05, 4.69) is 4.74 Å². The third-order valence-electron chi connectivity index (χ3n) is 1.66. The Morgan fingerprint density at radius 1 is 1.00 bits per heavy atom. The summed E-state index contributed by atoms with van der Waals surface area (Å²) in [5, 5.41) is 0. The van der Waals surface area contributed by atoms with Crippen LogP contribution in [0.4, 0.5) is 32.0 Å². The van der Waals surface area contributed by atoms with E-state index in [1.807, 2.05) is 0 Å². The predicted molar refractivity (Wildman–Crippen MR) is 47.4 cm³/mol. The molecule has 0 amide bonds. The minimum Gasteiger partial charge on any atom is -0.484 e. The van der Waals surface area contributed by atoms with Crippen LogP contribution >= 0.6 is 0 Å². The molecule has 2 nitrogen and oxygen atoms in total. The molecule has 17 heavy (non-hydrogen) atoms. The van der Waals surface area contributed by atoms with Crippen LogP contribution in [0, 0.1) is 0 Å². The first-order valence-corrected chi connectivity index (χ1v) is 4.25. The molecule has 0 saturated heterocycles. The number of hydrogen-bond acceptors (Lipinski definition) is 2. The lowest BCUT2D eigenvalue weighted by atomic mass is 10.2. The van der Waals surface area contributed by atoms with Gasteiger partial charge in [-0.25, -0.2) is 0 Å². The normalized spacial score (nSPS) is 12.6. The number of nitrogen functional groups attached to an aromatic ring is 1. The van der Waals surface area contributed by atoms with Gasteiger partial charge in [0.25, 0.3) is 0 Å². The number of rotatable bonds is 2. The number of benzene rings is 1. The van der Waals surface area contributed by atoms with Crippen LogP contribution in [0.5, 0.6) is 5.75 Å². The van der Waals surface area contributed by atoms with Crippen LogP contribution in [0.3, 0.4) is 0 Å². The maximum absolute atomic E-state index is 12.3. The van der Waals surface area contributed by atoms with Crippen molar-refractivity contribution < 1.29 is 31.1 Å². The van der Waals surface area contributed by atoms with E-state index in [-0.39, 0.29) is 5.69 Å². The maximum Gasteiger partial charge on any atom is 0.422 e. The van der Waals surface area contributed by atoms with Crippen LogP contribution < -0.4 is 10.5 Å². The summed E-state index contributed by atoms with van der Waals surface area (Å²) in [5.74, 6) is -0.574. The van der Waals surface area contributed by atoms with Crippen LogP contribution in [-0.2, 0) is 6.18 Å². The van der Waals surface area contributed by atoms with Crippen molar-refractivity contribution >= 4 is 5.69 Å². The molecule has 0 aliphatic rings. The van der Waals surface area contributed by atoms with Gasteiger partial charge in [-0.1, -0.05) is 0 Å². The highest BCUT2D eigenvalue weighted by atomic mass is 19.4. The minimum atomic E-state index is -4.69. The van der Waals surface area contributed by atoms with Crippen LogP contribution in [0.15, 0.2) is 18.2 Å². The van der Waals surface area contributed by atoms with Gasteiger partial charge in [0.15, 0.2) is 6.61 Å². The zero-order chi connectivity index (χ0) is 13.3.